The largest absolute Gasteiger partial charge is 0.0654 e. The Bertz CT molecular complexity index is 145. The maximum atomic E-state index is 2.39. The molecule has 0 saturated carbocycles. The van der Waals surface area contributed by atoms with Gasteiger partial charge in [-0.3, -0.25) is 0 Å². The lowest BCUT2D eigenvalue weighted by Crippen LogP contribution is -1.98. The third-order valence-corrected chi connectivity index (χ3v) is 5.59. The summed E-state index contributed by atoms with van der Waals surface area (Å²) in [6.07, 6.45) is 16.0. The molecule has 1 atom stereocenters. The highest BCUT2D eigenvalue weighted by atomic mass is 28.2. The van der Waals surface area contributed by atoms with Crippen LogP contribution in [0, 0.1) is 5.92 Å². The van der Waals surface area contributed by atoms with E-state index in [1.807, 2.05) is 0 Å². The minimum absolute atomic E-state index is 0.964. The van der Waals surface area contributed by atoms with Crippen molar-refractivity contribution in [3.63, 3.8) is 0 Å². The molecule has 0 spiro atoms. The molecule has 0 aromatic rings. The summed E-state index contributed by atoms with van der Waals surface area (Å²) in [5.41, 5.74) is 0. The zero-order valence-corrected chi connectivity index (χ0v) is 14.3. The van der Waals surface area contributed by atoms with Gasteiger partial charge in [-0.25, -0.2) is 0 Å². The van der Waals surface area contributed by atoms with Crippen LogP contribution in [0.25, 0.3) is 0 Å². The normalized spacial score (nSPS) is 12.8. The average Bonchev–Trinajstić information content (AvgIpc) is 2.39. The van der Waals surface area contributed by atoms with Gasteiger partial charge in [-0.05, 0) is 5.92 Å². The molecule has 0 aliphatic carbocycles. The summed E-state index contributed by atoms with van der Waals surface area (Å²) in [6, 6.07) is 2.98. The van der Waals surface area contributed by atoms with Crippen molar-refractivity contribution in [1.29, 1.82) is 0 Å². The standard InChI is InChI=1S/C17H36Si/c1-4-6-7-8-9-10-11-12-13-14-15-18-16-17(3)5-2/h17H,4-16H2,1-3H3/t17-/m1/s1. The van der Waals surface area contributed by atoms with Gasteiger partial charge in [0.1, 0.15) is 0 Å². The Hall–Kier alpha value is 0.217. The van der Waals surface area contributed by atoms with Crippen LogP contribution in [0.5, 0.6) is 0 Å². The molecule has 0 N–H and O–H groups in total. The molecule has 0 saturated heterocycles. The second-order valence-electron chi connectivity index (χ2n) is 5.90. The van der Waals surface area contributed by atoms with Crippen molar-refractivity contribution < 1.29 is 0 Å². The monoisotopic (exact) mass is 268 g/mol. The molecule has 108 valence electrons. The molecule has 0 aromatic heterocycles. The summed E-state index contributed by atoms with van der Waals surface area (Å²) >= 11 is 0. The van der Waals surface area contributed by atoms with Crippen molar-refractivity contribution in [1.82, 2.24) is 0 Å². The Labute approximate surface area is 119 Å². The van der Waals surface area contributed by atoms with Crippen LogP contribution in [0.4, 0.5) is 0 Å². The third-order valence-electron chi connectivity index (χ3n) is 3.90. The lowest BCUT2D eigenvalue weighted by molar-refractivity contribution is 0.561. The molecule has 2 radical (unpaired) electrons. The lowest BCUT2D eigenvalue weighted by atomic mass is 10.1. The van der Waals surface area contributed by atoms with Gasteiger partial charge < -0.3 is 0 Å². The average molecular weight is 269 g/mol. The SMILES string of the molecule is CCCCCCCCCCCC[Si]C[C@H](C)CC. The van der Waals surface area contributed by atoms with E-state index < -0.39 is 0 Å². The molecule has 0 unspecified atom stereocenters. The molecule has 0 amide bonds. The van der Waals surface area contributed by atoms with E-state index in [0.717, 1.165) is 5.92 Å². The highest BCUT2D eigenvalue weighted by Gasteiger charge is 1.99. The van der Waals surface area contributed by atoms with Crippen molar-refractivity contribution in [2.24, 2.45) is 5.92 Å². The summed E-state index contributed by atoms with van der Waals surface area (Å²) in [5.74, 6) is 0.964. The zero-order valence-electron chi connectivity index (χ0n) is 13.3. The van der Waals surface area contributed by atoms with E-state index in [4.69, 9.17) is 0 Å². The van der Waals surface area contributed by atoms with E-state index >= 15 is 0 Å². The minimum atomic E-state index is 0.964. The van der Waals surface area contributed by atoms with Gasteiger partial charge in [-0.1, -0.05) is 103 Å². The van der Waals surface area contributed by atoms with E-state index in [1.165, 1.54) is 92.2 Å². The number of rotatable bonds is 14. The summed E-state index contributed by atoms with van der Waals surface area (Å²) in [4.78, 5) is 0. The van der Waals surface area contributed by atoms with Crippen LogP contribution in [0.2, 0.25) is 12.1 Å². The van der Waals surface area contributed by atoms with Crippen LogP contribution >= 0.6 is 0 Å². The summed E-state index contributed by atoms with van der Waals surface area (Å²) in [6.45, 7) is 7.00. The number of hydrogen-bond acceptors (Lipinski definition) is 0. The second kappa shape index (κ2) is 15.3. The molecule has 0 aliphatic heterocycles. The van der Waals surface area contributed by atoms with Crippen LogP contribution in [0.15, 0.2) is 0 Å². The minimum Gasteiger partial charge on any atom is -0.0654 e. The second-order valence-corrected chi connectivity index (χ2v) is 7.31. The fourth-order valence-electron chi connectivity index (χ4n) is 2.23. The topological polar surface area (TPSA) is 0 Å². The van der Waals surface area contributed by atoms with Crippen LogP contribution in [-0.2, 0) is 0 Å². The van der Waals surface area contributed by atoms with Gasteiger partial charge in [0.15, 0.2) is 0 Å². The molecule has 0 bridgehead atoms. The highest BCUT2D eigenvalue weighted by Crippen LogP contribution is 2.13. The van der Waals surface area contributed by atoms with Gasteiger partial charge in [-0.2, -0.15) is 0 Å². The Balaban J connectivity index is 2.94. The quantitative estimate of drug-likeness (QED) is 0.249. The molecule has 0 nitrogen and oxygen atoms in total. The van der Waals surface area contributed by atoms with Crippen LogP contribution < -0.4 is 0 Å². The molecule has 1 heteroatoms. The maximum absolute atomic E-state index is 2.39. The van der Waals surface area contributed by atoms with Gasteiger partial charge in [0.2, 0.25) is 0 Å². The first-order valence-corrected chi connectivity index (χ1v) is 9.93. The molecule has 0 aromatic carbocycles. The number of unbranched alkanes of at least 4 members (excludes halogenated alkanes) is 9. The first-order chi connectivity index (χ1) is 8.81. The third kappa shape index (κ3) is 14.3. The molecule has 0 aliphatic rings. The van der Waals surface area contributed by atoms with Gasteiger partial charge in [0.05, 0.1) is 0 Å². The van der Waals surface area contributed by atoms with Gasteiger partial charge >= 0.3 is 0 Å². The predicted molar refractivity (Wildman–Crippen MR) is 86.7 cm³/mol. The van der Waals surface area contributed by atoms with Crippen LogP contribution in [-0.4, -0.2) is 9.52 Å². The van der Waals surface area contributed by atoms with Crippen molar-refractivity contribution >= 4 is 9.52 Å². The molecular formula is C17H36Si. The van der Waals surface area contributed by atoms with Crippen LogP contribution in [0.3, 0.4) is 0 Å². The van der Waals surface area contributed by atoms with E-state index in [1.54, 1.807) is 0 Å². The lowest BCUT2D eigenvalue weighted by Gasteiger charge is -2.06. The number of hydrogen-bond donors (Lipinski definition) is 0. The van der Waals surface area contributed by atoms with E-state index in [0.29, 0.717) is 0 Å². The van der Waals surface area contributed by atoms with Crippen molar-refractivity contribution in [2.75, 3.05) is 0 Å². The van der Waals surface area contributed by atoms with Crippen molar-refractivity contribution in [2.45, 2.75) is 103 Å². The fourth-order valence-corrected chi connectivity index (χ4v) is 3.72. The van der Waals surface area contributed by atoms with Crippen molar-refractivity contribution in [3.05, 3.63) is 0 Å². The van der Waals surface area contributed by atoms with E-state index in [-0.39, 0.29) is 0 Å². The molecule has 18 heavy (non-hydrogen) atoms. The molecule has 0 fully saturated rings. The Morgan fingerprint density at radius 2 is 1.22 bits per heavy atom. The van der Waals surface area contributed by atoms with Crippen LogP contribution in [0.1, 0.15) is 91.4 Å². The fraction of sp³-hybridized carbons (Fsp3) is 1.00. The van der Waals surface area contributed by atoms with Gasteiger partial charge in [0.25, 0.3) is 0 Å². The van der Waals surface area contributed by atoms with E-state index in [2.05, 4.69) is 20.8 Å². The smallest absolute Gasteiger partial charge is 0.0380 e. The zero-order chi connectivity index (χ0) is 13.5. The predicted octanol–water partition coefficient (Wildman–Crippen LogP) is 6.49. The summed E-state index contributed by atoms with van der Waals surface area (Å²) in [5, 5.41) is 0. The van der Waals surface area contributed by atoms with Gasteiger partial charge in [0, 0.05) is 9.52 Å². The summed E-state index contributed by atoms with van der Waals surface area (Å²) in [7, 11) is 1.23. The van der Waals surface area contributed by atoms with Crippen molar-refractivity contribution in [3.8, 4) is 0 Å². The first kappa shape index (κ1) is 18.2. The van der Waals surface area contributed by atoms with E-state index in [9.17, 15) is 0 Å². The molecular weight excluding hydrogens is 232 g/mol. The Kier molecular flexibility index (Phi) is 15.5. The Morgan fingerprint density at radius 1 is 0.722 bits per heavy atom. The molecule has 0 heterocycles. The maximum Gasteiger partial charge on any atom is 0.0380 e. The molecule has 0 rings (SSSR count). The Morgan fingerprint density at radius 3 is 1.72 bits per heavy atom. The summed E-state index contributed by atoms with van der Waals surface area (Å²) < 4.78 is 0. The highest BCUT2D eigenvalue weighted by molar-refractivity contribution is 6.35. The first-order valence-electron chi connectivity index (χ1n) is 8.52. The van der Waals surface area contributed by atoms with Gasteiger partial charge in [-0.15, -0.1) is 0 Å².